The topological polar surface area (TPSA) is 39.9 Å². The van der Waals surface area contributed by atoms with E-state index in [0.29, 0.717) is 5.56 Å². The van der Waals surface area contributed by atoms with Crippen molar-refractivity contribution in [1.82, 2.24) is 9.88 Å². The van der Waals surface area contributed by atoms with E-state index in [1.807, 2.05) is 51.9 Å². The molecule has 0 aliphatic heterocycles. The second-order valence-electron chi connectivity index (χ2n) is 3.25. The van der Waals surface area contributed by atoms with Crippen molar-refractivity contribution in [1.29, 1.82) is 5.26 Å². The highest BCUT2D eigenvalue weighted by molar-refractivity contribution is 5.58. The molecule has 0 fully saturated rings. The van der Waals surface area contributed by atoms with Crippen molar-refractivity contribution in [3.8, 4) is 6.07 Å². The first-order valence-corrected chi connectivity index (χ1v) is 5.35. The third-order valence-electron chi connectivity index (χ3n) is 2.05. The van der Waals surface area contributed by atoms with Gasteiger partial charge in [0.25, 0.3) is 0 Å². The van der Waals surface area contributed by atoms with Crippen molar-refractivity contribution in [3.63, 3.8) is 0 Å². The van der Waals surface area contributed by atoms with E-state index in [1.54, 1.807) is 12.4 Å². The standard InChI is InChI=1S/C11H13N3.C2H6/c1-9(14(2)3)6-10-4-5-13-8-11(10)7-12;1-2/h4-6,8H,1-3H3;1-2H3/b9-6+;. The molecule has 0 saturated heterocycles. The molecule has 0 aliphatic rings. The lowest BCUT2D eigenvalue weighted by Crippen LogP contribution is -2.07. The fourth-order valence-electron chi connectivity index (χ4n) is 0.979. The number of pyridine rings is 1. The average molecular weight is 217 g/mol. The lowest BCUT2D eigenvalue weighted by atomic mass is 10.1. The van der Waals surface area contributed by atoms with Gasteiger partial charge in [-0.1, -0.05) is 13.8 Å². The van der Waals surface area contributed by atoms with Gasteiger partial charge >= 0.3 is 0 Å². The summed E-state index contributed by atoms with van der Waals surface area (Å²) < 4.78 is 0. The lowest BCUT2D eigenvalue weighted by Gasteiger charge is -2.12. The van der Waals surface area contributed by atoms with Gasteiger partial charge in [-0.25, -0.2) is 0 Å². The molecule has 0 amide bonds. The molecule has 0 saturated carbocycles. The Morgan fingerprint density at radius 2 is 2.06 bits per heavy atom. The van der Waals surface area contributed by atoms with Gasteiger partial charge in [0.05, 0.1) is 5.56 Å². The van der Waals surface area contributed by atoms with Crippen LogP contribution < -0.4 is 0 Å². The van der Waals surface area contributed by atoms with Crippen LogP contribution in [0.2, 0.25) is 0 Å². The first kappa shape index (κ1) is 14.2. The maximum Gasteiger partial charge on any atom is 0.101 e. The molecule has 16 heavy (non-hydrogen) atoms. The van der Waals surface area contributed by atoms with Gasteiger partial charge in [0.15, 0.2) is 0 Å². The van der Waals surface area contributed by atoms with Gasteiger partial charge in [0.1, 0.15) is 6.07 Å². The Hall–Kier alpha value is -1.82. The third kappa shape index (κ3) is 4.14. The molecule has 0 aliphatic carbocycles. The van der Waals surface area contributed by atoms with Crippen LogP contribution in [0.1, 0.15) is 31.9 Å². The second-order valence-corrected chi connectivity index (χ2v) is 3.25. The molecule has 1 heterocycles. The summed E-state index contributed by atoms with van der Waals surface area (Å²) in [5.41, 5.74) is 2.62. The van der Waals surface area contributed by atoms with Crippen LogP contribution in [0.3, 0.4) is 0 Å². The molecule has 86 valence electrons. The summed E-state index contributed by atoms with van der Waals surface area (Å²) in [6.45, 7) is 6.00. The van der Waals surface area contributed by atoms with Gasteiger partial charge in [-0.05, 0) is 24.6 Å². The van der Waals surface area contributed by atoms with Crippen LogP contribution in [0.5, 0.6) is 0 Å². The summed E-state index contributed by atoms with van der Waals surface area (Å²) in [6.07, 6.45) is 5.24. The Morgan fingerprint density at radius 3 is 2.56 bits per heavy atom. The highest BCUT2D eigenvalue weighted by Crippen LogP contribution is 2.11. The van der Waals surface area contributed by atoms with Crippen LogP contribution in [0.25, 0.3) is 6.08 Å². The molecule has 0 bridgehead atoms. The van der Waals surface area contributed by atoms with Crippen molar-refractivity contribution in [2.75, 3.05) is 14.1 Å². The van der Waals surface area contributed by atoms with E-state index in [1.165, 1.54) is 0 Å². The normalized spacial score (nSPS) is 9.88. The zero-order chi connectivity index (χ0) is 12.6. The van der Waals surface area contributed by atoms with E-state index in [-0.39, 0.29) is 0 Å². The van der Waals surface area contributed by atoms with Crippen molar-refractivity contribution in [2.45, 2.75) is 20.8 Å². The predicted octanol–water partition coefficient (Wildman–Crippen LogP) is 2.90. The Bertz CT molecular complexity index is 386. The van der Waals surface area contributed by atoms with E-state index in [4.69, 9.17) is 5.26 Å². The smallest absolute Gasteiger partial charge is 0.101 e. The quantitative estimate of drug-likeness (QED) is 0.764. The number of aromatic nitrogens is 1. The van der Waals surface area contributed by atoms with Crippen LogP contribution in [-0.4, -0.2) is 24.0 Å². The molecule has 1 aromatic heterocycles. The van der Waals surface area contributed by atoms with Crippen LogP contribution in [0.4, 0.5) is 0 Å². The average Bonchev–Trinajstić information content (AvgIpc) is 2.32. The van der Waals surface area contributed by atoms with Gasteiger partial charge in [-0.3, -0.25) is 4.98 Å². The Labute approximate surface area is 98.0 Å². The Morgan fingerprint density at radius 1 is 1.44 bits per heavy atom. The highest BCUT2D eigenvalue weighted by Gasteiger charge is 1.99. The fourth-order valence-corrected chi connectivity index (χ4v) is 0.979. The number of allylic oxidation sites excluding steroid dienone is 1. The van der Waals surface area contributed by atoms with Gasteiger partial charge in [-0.2, -0.15) is 5.26 Å². The summed E-state index contributed by atoms with van der Waals surface area (Å²) in [5.74, 6) is 0. The fraction of sp³-hybridized carbons (Fsp3) is 0.385. The molecular formula is C13H19N3. The number of hydrogen-bond acceptors (Lipinski definition) is 3. The van der Waals surface area contributed by atoms with Crippen molar-refractivity contribution >= 4 is 6.08 Å². The minimum Gasteiger partial charge on any atom is -0.381 e. The van der Waals surface area contributed by atoms with E-state index in [9.17, 15) is 0 Å². The predicted molar refractivity (Wildman–Crippen MR) is 67.6 cm³/mol. The summed E-state index contributed by atoms with van der Waals surface area (Å²) in [5, 5.41) is 8.84. The van der Waals surface area contributed by atoms with Gasteiger partial charge in [-0.15, -0.1) is 0 Å². The molecule has 0 aromatic carbocycles. The molecule has 0 N–H and O–H groups in total. The maximum atomic E-state index is 8.84. The zero-order valence-corrected chi connectivity index (χ0v) is 10.7. The van der Waals surface area contributed by atoms with Crippen molar-refractivity contribution in [3.05, 3.63) is 35.3 Å². The van der Waals surface area contributed by atoms with E-state index in [0.717, 1.165) is 11.3 Å². The molecule has 1 rings (SSSR count). The second kappa shape index (κ2) is 7.47. The Kier molecular flexibility index (Phi) is 6.62. The van der Waals surface area contributed by atoms with Crippen molar-refractivity contribution < 1.29 is 0 Å². The summed E-state index contributed by atoms with van der Waals surface area (Å²) >= 11 is 0. The minimum absolute atomic E-state index is 0.605. The van der Waals surface area contributed by atoms with E-state index >= 15 is 0 Å². The maximum absolute atomic E-state index is 8.84. The summed E-state index contributed by atoms with van der Waals surface area (Å²) in [4.78, 5) is 5.90. The van der Waals surface area contributed by atoms with Gasteiger partial charge in [0.2, 0.25) is 0 Å². The minimum atomic E-state index is 0.605. The monoisotopic (exact) mass is 217 g/mol. The number of hydrogen-bond donors (Lipinski definition) is 0. The molecule has 0 atom stereocenters. The Balaban J connectivity index is 0.00000106. The van der Waals surface area contributed by atoms with E-state index in [2.05, 4.69) is 11.1 Å². The SMILES string of the molecule is C/C(=C\c1ccncc1C#N)N(C)C.CC. The van der Waals surface area contributed by atoms with Crippen LogP contribution in [0, 0.1) is 11.3 Å². The molecule has 3 heteroatoms. The van der Waals surface area contributed by atoms with Crippen LogP contribution in [-0.2, 0) is 0 Å². The summed E-state index contributed by atoms with van der Waals surface area (Å²) in [7, 11) is 3.94. The van der Waals surface area contributed by atoms with E-state index < -0.39 is 0 Å². The van der Waals surface area contributed by atoms with Gasteiger partial charge < -0.3 is 4.90 Å². The van der Waals surface area contributed by atoms with Crippen molar-refractivity contribution in [2.24, 2.45) is 0 Å². The molecule has 0 spiro atoms. The first-order valence-electron chi connectivity index (χ1n) is 5.35. The molecular weight excluding hydrogens is 198 g/mol. The molecule has 1 aromatic rings. The first-order chi connectivity index (χ1) is 7.65. The highest BCUT2D eigenvalue weighted by atomic mass is 15.1. The molecule has 0 unspecified atom stereocenters. The van der Waals surface area contributed by atoms with Gasteiger partial charge in [0, 0.05) is 32.2 Å². The summed E-state index contributed by atoms with van der Waals surface area (Å²) in [6, 6.07) is 3.95. The molecule has 0 radical (unpaired) electrons. The van der Waals surface area contributed by atoms with Crippen LogP contribution >= 0.6 is 0 Å². The molecule has 3 nitrogen and oxygen atoms in total. The third-order valence-corrected chi connectivity index (χ3v) is 2.05. The number of rotatable bonds is 2. The zero-order valence-electron chi connectivity index (χ0n) is 10.7. The largest absolute Gasteiger partial charge is 0.381 e. The van der Waals surface area contributed by atoms with Crippen LogP contribution in [0.15, 0.2) is 24.2 Å². The number of nitrogens with zero attached hydrogens (tertiary/aromatic N) is 3. The lowest BCUT2D eigenvalue weighted by molar-refractivity contribution is 0.518. The number of nitriles is 1.